The van der Waals surface area contributed by atoms with Gasteiger partial charge in [0.05, 0.1) is 12.2 Å². The summed E-state index contributed by atoms with van der Waals surface area (Å²) in [4.78, 5) is 12.5. The molecular formula is C17H16O3. The monoisotopic (exact) mass is 268 g/mol. The van der Waals surface area contributed by atoms with Crippen molar-refractivity contribution in [2.45, 2.75) is 13.0 Å². The van der Waals surface area contributed by atoms with E-state index in [0.29, 0.717) is 23.5 Å². The van der Waals surface area contributed by atoms with Gasteiger partial charge >= 0.3 is 0 Å². The van der Waals surface area contributed by atoms with E-state index >= 15 is 0 Å². The summed E-state index contributed by atoms with van der Waals surface area (Å²) in [6, 6.07) is 14.9. The van der Waals surface area contributed by atoms with E-state index in [4.69, 9.17) is 9.47 Å². The molecule has 3 heteroatoms. The van der Waals surface area contributed by atoms with Crippen LogP contribution >= 0.6 is 0 Å². The lowest BCUT2D eigenvalue weighted by molar-refractivity contribution is 0.103. The maximum absolute atomic E-state index is 12.5. The van der Waals surface area contributed by atoms with E-state index in [-0.39, 0.29) is 11.9 Å². The number of benzene rings is 2. The van der Waals surface area contributed by atoms with Crippen LogP contribution < -0.4 is 4.74 Å². The van der Waals surface area contributed by atoms with Crippen LogP contribution in [0.5, 0.6) is 5.75 Å². The van der Waals surface area contributed by atoms with Crippen LogP contribution in [-0.2, 0) is 4.74 Å². The van der Waals surface area contributed by atoms with Crippen molar-refractivity contribution in [1.82, 2.24) is 0 Å². The number of hydrogen-bond donors (Lipinski definition) is 0. The fourth-order valence-electron chi connectivity index (χ4n) is 1.99. The van der Waals surface area contributed by atoms with Crippen LogP contribution in [0.3, 0.4) is 0 Å². The summed E-state index contributed by atoms with van der Waals surface area (Å²) in [5.74, 6) is 0.603. The molecule has 0 bridgehead atoms. The average molecular weight is 268 g/mol. The first-order valence-electron chi connectivity index (χ1n) is 6.69. The van der Waals surface area contributed by atoms with E-state index in [9.17, 15) is 4.79 Å². The van der Waals surface area contributed by atoms with Gasteiger partial charge in [-0.05, 0) is 19.1 Å². The third-order valence-electron chi connectivity index (χ3n) is 3.27. The standard InChI is InChI=1S/C17H16O3/c1-12-6-8-13(9-7-12)17(18)15-4-2-3-5-16(15)20-11-14-10-19-14/h2-9,14H,10-11H2,1H3. The van der Waals surface area contributed by atoms with Gasteiger partial charge in [0.2, 0.25) is 0 Å². The van der Waals surface area contributed by atoms with Gasteiger partial charge in [0.1, 0.15) is 18.5 Å². The summed E-state index contributed by atoms with van der Waals surface area (Å²) in [5, 5.41) is 0. The van der Waals surface area contributed by atoms with Gasteiger partial charge < -0.3 is 9.47 Å². The lowest BCUT2D eigenvalue weighted by atomic mass is 10.0. The molecule has 102 valence electrons. The molecule has 1 heterocycles. The minimum atomic E-state index is -0.0164. The highest BCUT2D eigenvalue weighted by Crippen LogP contribution is 2.23. The van der Waals surface area contributed by atoms with Crippen molar-refractivity contribution in [2.75, 3.05) is 13.2 Å². The van der Waals surface area contributed by atoms with E-state index in [1.807, 2.05) is 49.4 Å². The highest BCUT2D eigenvalue weighted by atomic mass is 16.6. The first-order valence-corrected chi connectivity index (χ1v) is 6.69. The van der Waals surface area contributed by atoms with Crippen LogP contribution in [0.25, 0.3) is 0 Å². The summed E-state index contributed by atoms with van der Waals surface area (Å²) >= 11 is 0. The predicted molar refractivity (Wildman–Crippen MR) is 76.3 cm³/mol. The minimum absolute atomic E-state index is 0.0164. The molecular weight excluding hydrogens is 252 g/mol. The van der Waals surface area contributed by atoms with E-state index in [2.05, 4.69) is 0 Å². The number of carbonyl (C=O) groups excluding carboxylic acids is 1. The van der Waals surface area contributed by atoms with Crippen molar-refractivity contribution < 1.29 is 14.3 Å². The van der Waals surface area contributed by atoms with Gasteiger partial charge in [-0.25, -0.2) is 0 Å². The Labute approximate surface area is 118 Å². The lowest BCUT2D eigenvalue weighted by Crippen LogP contribution is -2.09. The van der Waals surface area contributed by atoms with Gasteiger partial charge in [-0.15, -0.1) is 0 Å². The molecule has 1 aliphatic rings. The topological polar surface area (TPSA) is 38.8 Å². The number of rotatable bonds is 5. The Morgan fingerprint density at radius 3 is 2.60 bits per heavy atom. The Kier molecular flexibility index (Phi) is 3.52. The molecule has 1 fully saturated rings. The predicted octanol–water partition coefficient (Wildman–Crippen LogP) is 3.00. The van der Waals surface area contributed by atoms with Crippen molar-refractivity contribution in [3.8, 4) is 5.75 Å². The minimum Gasteiger partial charge on any atom is -0.490 e. The Morgan fingerprint density at radius 1 is 1.20 bits per heavy atom. The molecule has 1 aliphatic heterocycles. The third kappa shape index (κ3) is 2.89. The van der Waals surface area contributed by atoms with Crippen molar-refractivity contribution in [1.29, 1.82) is 0 Å². The zero-order chi connectivity index (χ0) is 13.9. The second kappa shape index (κ2) is 5.47. The Balaban J connectivity index is 1.84. The normalized spacial score (nSPS) is 16.8. The van der Waals surface area contributed by atoms with E-state index in [1.165, 1.54) is 0 Å². The molecule has 0 spiro atoms. The summed E-state index contributed by atoms with van der Waals surface area (Å²) in [6.45, 7) is 3.24. The molecule has 0 N–H and O–H groups in total. The van der Waals surface area contributed by atoms with E-state index in [1.54, 1.807) is 6.07 Å². The average Bonchev–Trinajstić information content (AvgIpc) is 3.30. The van der Waals surface area contributed by atoms with Gasteiger partial charge in [-0.2, -0.15) is 0 Å². The van der Waals surface area contributed by atoms with Crippen molar-refractivity contribution in [3.63, 3.8) is 0 Å². The highest BCUT2D eigenvalue weighted by Gasteiger charge is 2.24. The van der Waals surface area contributed by atoms with Crippen LogP contribution in [0.15, 0.2) is 48.5 Å². The van der Waals surface area contributed by atoms with Crippen LogP contribution in [0.2, 0.25) is 0 Å². The summed E-state index contributed by atoms with van der Waals surface area (Å²) in [5.41, 5.74) is 2.41. The number of carbonyl (C=O) groups is 1. The number of epoxide rings is 1. The van der Waals surface area contributed by atoms with Crippen LogP contribution in [0.4, 0.5) is 0 Å². The molecule has 0 aliphatic carbocycles. The first-order chi connectivity index (χ1) is 9.74. The largest absolute Gasteiger partial charge is 0.490 e. The van der Waals surface area contributed by atoms with Gasteiger partial charge in [0, 0.05) is 5.56 Å². The molecule has 0 aromatic heterocycles. The zero-order valence-electron chi connectivity index (χ0n) is 11.3. The number of aryl methyl sites for hydroxylation is 1. The van der Waals surface area contributed by atoms with Gasteiger partial charge in [0.15, 0.2) is 5.78 Å². The van der Waals surface area contributed by atoms with Crippen LogP contribution in [0, 0.1) is 6.92 Å². The molecule has 0 amide bonds. The van der Waals surface area contributed by atoms with E-state index < -0.39 is 0 Å². The fraction of sp³-hybridized carbons (Fsp3) is 0.235. The summed E-state index contributed by atoms with van der Waals surface area (Å²) in [6.07, 6.45) is 0.178. The maximum Gasteiger partial charge on any atom is 0.196 e. The Hall–Kier alpha value is -2.13. The molecule has 2 aromatic rings. The van der Waals surface area contributed by atoms with Gasteiger partial charge in [-0.3, -0.25) is 4.79 Å². The van der Waals surface area contributed by atoms with Crippen molar-refractivity contribution in [2.24, 2.45) is 0 Å². The second-order valence-corrected chi connectivity index (χ2v) is 4.96. The van der Waals surface area contributed by atoms with Gasteiger partial charge in [0.25, 0.3) is 0 Å². The molecule has 20 heavy (non-hydrogen) atoms. The fourth-order valence-corrected chi connectivity index (χ4v) is 1.99. The zero-order valence-corrected chi connectivity index (χ0v) is 11.3. The second-order valence-electron chi connectivity index (χ2n) is 4.96. The highest BCUT2D eigenvalue weighted by molar-refractivity contribution is 6.10. The third-order valence-corrected chi connectivity index (χ3v) is 3.27. The lowest BCUT2D eigenvalue weighted by Gasteiger charge is -2.10. The molecule has 1 unspecified atom stereocenters. The SMILES string of the molecule is Cc1ccc(C(=O)c2ccccc2OCC2CO2)cc1. The molecule has 0 saturated carbocycles. The molecule has 0 radical (unpaired) electrons. The number of ketones is 1. The van der Waals surface area contributed by atoms with Crippen molar-refractivity contribution >= 4 is 5.78 Å². The molecule has 2 aromatic carbocycles. The van der Waals surface area contributed by atoms with Gasteiger partial charge in [-0.1, -0.05) is 42.0 Å². The molecule has 3 nitrogen and oxygen atoms in total. The molecule has 3 rings (SSSR count). The molecule has 1 saturated heterocycles. The number of ether oxygens (including phenoxy) is 2. The van der Waals surface area contributed by atoms with Crippen LogP contribution in [0.1, 0.15) is 21.5 Å². The van der Waals surface area contributed by atoms with E-state index in [0.717, 1.165) is 12.2 Å². The smallest absolute Gasteiger partial charge is 0.196 e. The first kappa shape index (κ1) is 12.9. The summed E-state index contributed by atoms with van der Waals surface area (Å²) < 4.78 is 10.8. The maximum atomic E-state index is 12.5. The Morgan fingerprint density at radius 2 is 1.90 bits per heavy atom. The number of hydrogen-bond acceptors (Lipinski definition) is 3. The summed E-state index contributed by atoms with van der Waals surface area (Å²) in [7, 11) is 0. The number of para-hydroxylation sites is 1. The van der Waals surface area contributed by atoms with Crippen molar-refractivity contribution in [3.05, 3.63) is 65.2 Å². The molecule has 1 atom stereocenters. The van der Waals surface area contributed by atoms with Crippen LogP contribution in [-0.4, -0.2) is 25.1 Å². The Bertz CT molecular complexity index is 612. The quantitative estimate of drug-likeness (QED) is 0.618.